The Morgan fingerprint density at radius 2 is 1.85 bits per heavy atom. The number of hydrogen-bond donors (Lipinski definition) is 1. The molecule has 0 saturated heterocycles. The van der Waals surface area contributed by atoms with Crippen molar-refractivity contribution in [1.82, 2.24) is 4.98 Å². The fourth-order valence-corrected chi connectivity index (χ4v) is 5.04. The van der Waals surface area contributed by atoms with Crippen molar-refractivity contribution < 1.29 is 14.3 Å². The zero-order chi connectivity index (χ0) is 23.9. The van der Waals surface area contributed by atoms with Gasteiger partial charge in [-0.2, -0.15) is 0 Å². The summed E-state index contributed by atoms with van der Waals surface area (Å²) < 4.78 is 12.0. The van der Waals surface area contributed by atoms with E-state index in [2.05, 4.69) is 17.1 Å². The van der Waals surface area contributed by atoms with Crippen molar-refractivity contribution in [2.75, 3.05) is 7.11 Å². The number of carbonyl (C=O) groups excluding carboxylic acids is 1. The monoisotopic (exact) mass is 463 g/mol. The van der Waals surface area contributed by atoms with Crippen LogP contribution in [-0.4, -0.2) is 23.7 Å². The number of ether oxygens (including phenoxy) is 2. The largest absolute Gasteiger partial charge is 0.496 e. The Bertz CT molecular complexity index is 1390. The van der Waals surface area contributed by atoms with Crippen LogP contribution in [0.25, 0.3) is 32.1 Å². The molecule has 0 aliphatic carbocycles. The first-order valence-electron chi connectivity index (χ1n) is 11.0. The molecule has 1 atom stereocenters. The summed E-state index contributed by atoms with van der Waals surface area (Å²) in [4.78, 5) is 27.9. The molecule has 4 rings (SSSR count). The van der Waals surface area contributed by atoms with Gasteiger partial charge >= 0.3 is 5.97 Å². The van der Waals surface area contributed by atoms with Gasteiger partial charge in [0, 0.05) is 16.3 Å². The molecule has 0 aliphatic heterocycles. The van der Waals surface area contributed by atoms with Crippen LogP contribution in [0.4, 0.5) is 0 Å². The van der Waals surface area contributed by atoms with E-state index in [0.717, 1.165) is 44.3 Å². The first kappa shape index (κ1) is 23.1. The van der Waals surface area contributed by atoms with E-state index in [4.69, 9.17) is 9.47 Å². The number of aromatic nitrogens is 1. The highest BCUT2D eigenvalue weighted by Gasteiger charge is 2.21. The molecule has 0 unspecified atom stereocenters. The number of nitrogens with one attached hydrogen (secondary N) is 1. The van der Waals surface area contributed by atoms with Crippen LogP contribution in [0.1, 0.15) is 51.2 Å². The van der Waals surface area contributed by atoms with Crippen molar-refractivity contribution in [3.05, 3.63) is 63.3 Å². The van der Waals surface area contributed by atoms with Crippen LogP contribution in [-0.2, 0) is 9.53 Å². The maximum absolute atomic E-state index is 12.6. The molecular weight excluding hydrogens is 434 g/mol. The summed E-state index contributed by atoms with van der Waals surface area (Å²) in [6, 6.07) is 12.2. The zero-order valence-corrected chi connectivity index (χ0v) is 20.7. The second-order valence-corrected chi connectivity index (χ2v) is 10.4. The third-order valence-corrected chi connectivity index (χ3v) is 6.66. The Morgan fingerprint density at radius 1 is 1.15 bits per heavy atom. The van der Waals surface area contributed by atoms with Crippen LogP contribution >= 0.6 is 11.3 Å². The molecule has 0 fully saturated rings. The minimum atomic E-state index is -0.488. The number of rotatable bonds is 5. The van der Waals surface area contributed by atoms with E-state index in [9.17, 15) is 9.59 Å². The smallest absolute Gasteiger partial charge is 0.306 e. The van der Waals surface area contributed by atoms with Gasteiger partial charge in [0.2, 0.25) is 0 Å². The van der Waals surface area contributed by atoms with Gasteiger partial charge in [0.05, 0.1) is 19.0 Å². The van der Waals surface area contributed by atoms with Gasteiger partial charge in [0.25, 0.3) is 5.56 Å². The van der Waals surface area contributed by atoms with Gasteiger partial charge in [-0.25, -0.2) is 0 Å². The van der Waals surface area contributed by atoms with E-state index in [0.29, 0.717) is 11.1 Å². The van der Waals surface area contributed by atoms with Crippen LogP contribution in [0.15, 0.2) is 46.6 Å². The standard InChI is InChI=1S/C27H29NO4S/c1-15(14-21(29)32-27(3,4)5)17-7-9-18(10-8-17)22-20(31-6)13-16(2)24-23(22)19-11-12-33-25(19)26(30)28-24/h7-13,15H,14H2,1-6H3,(H,28,30)/t15-/m1/s1. The molecule has 5 nitrogen and oxygen atoms in total. The van der Waals surface area contributed by atoms with Gasteiger partial charge in [-0.05, 0) is 67.8 Å². The van der Waals surface area contributed by atoms with E-state index in [1.165, 1.54) is 11.3 Å². The molecule has 1 N–H and O–H groups in total. The Hall–Kier alpha value is -3.12. The van der Waals surface area contributed by atoms with Crippen molar-refractivity contribution in [3.8, 4) is 16.9 Å². The molecule has 0 bridgehead atoms. The molecule has 0 spiro atoms. The second kappa shape index (κ2) is 8.67. The molecule has 2 aromatic carbocycles. The number of aromatic amines is 1. The third kappa shape index (κ3) is 4.53. The van der Waals surface area contributed by atoms with Crippen molar-refractivity contribution >= 4 is 38.3 Å². The summed E-state index contributed by atoms with van der Waals surface area (Å²) in [6.07, 6.45) is 0.324. The van der Waals surface area contributed by atoms with E-state index in [1.807, 2.05) is 64.3 Å². The molecule has 0 aliphatic rings. The molecule has 4 aromatic rings. The number of esters is 1. The number of fused-ring (bicyclic) bond motifs is 3. The van der Waals surface area contributed by atoms with Crippen LogP contribution in [0, 0.1) is 6.92 Å². The Morgan fingerprint density at radius 3 is 2.48 bits per heavy atom. The summed E-state index contributed by atoms with van der Waals surface area (Å²) in [7, 11) is 1.66. The number of aryl methyl sites for hydroxylation is 1. The van der Waals surface area contributed by atoms with E-state index < -0.39 is 5.60 Å². The Balaban J connectivity index is 1.78. The van der Waals surface area contributed by atoms with Crippen molar-refractivity contribution in [2.45, 2.75) is 52.6 Å². The summed E-state index contributed by atoms with van der Waals surface area (Å²) in [5.41, 5.74) is 4.22. The number of H-pyrrole nitrogens is 1. The number of benzene rings is 2. The molecular formula is C27H29NO4S. The van der Waals surface area contributed by atoms with Gasteiger partial charge < -0.3 is 14.5 Å². The summed E-state index contributed by atoms with van der Waals surface area (Å²) in [5.74, 6) is 0.591. The highest BCUT2D eigenvalue weighted by atomic mass is 32.1. The maximum atomic E-state index is 12.6. The third-order valence-electron chi connectivity index (χ3n) is 5.75. The topological polar surface area (TPSA) is 68.4 Å². The average Bonchev–Trinajstić information content (AvgIpc) is 3.23. The highest BCUT2D eigenvalue weighted by molar-refractivity contribution is 7.17. The van der Waals surface area contributed by atoms with Gasteiger partial charge in [-0.1, -0.05) is 31.2 Å². The van der Waals surface area contributed by atoms with Crippen LogP contribution in [0.2, 0.25) is 0 Å². The first-order chi connectivity index (χ1) is 15.6. The number of pyridine rings is 1. The fourth-order valence-electron chi connectivity index (χ4n) is 4.25. The number of carbonyl (C=O) groups is 1. The van der Waals surface area contributed by atoms with Crippen LogP contribution in [0.3, 0.4) is 0 Å². The zero-order valence-electron chi connectivity index (χ0n) is 19.9. The number of hydrogen-bond acceptors (Lipinski definition) is 5. The SMILES string of the molecule is COc1cc(C)c2[nH]c(=O)c3sccc3c2c1-c1ccc([C@H](C)CC(=O)OC(C)(C)C)cc1. The lowest BCUT2D eigenvalue weighted by Crippen LogP contribution is -2.24. The predicted molar refractivity (Wildman–Crippen MR) is 136 cm³/mol. The molecule has 0 radical (unpaired) electrons. The van der Waals surface area contributed by atoms with Gasteiger partial charge in [0.1, 0.15) is 16.1 Å². The Kier molecular flexibility index (Phi) is 6.06. The van der Waals surface area contributed by atoms with Crippen molar-refractivity contribution in [2.24, 2.45) is 0 Å². The van der Waals surface area contributed by atoms with Gasteiger partial charge in [-0.3, -0.25) is 9.59 Å². The highest BCUT2D eigenvalue weighted by Crippen LogP contribution is 2.42. The average molecular weight is 464 g/mol. The second-order valence-electron chi connectivity index (χ2n) is 9.45. The quantitative estimate of drug-likeness (QED) is 0.340. The predicted octanol–water partition coefficient (Wildman–Crippen LogP) is 6.56. The summed E-state index contributed by atoms with van der Waals surface area (Å²) >= 11 is 1.44. The fraction of sp³-hybridized carbons (Fsp3) is 0.333. The van der Waals surface area contributed by atoms with E-state index >= 15 is 0 Å². The van der Waals surface area contributed by atoms with E-state index in [1.54, 1.807) is 7.11 Å². The minimum Gasteiger partial charge on any atom is -0.496 e. The summed E-state index contributed by atoms with van der Waals surface area (Å²) in [5, 5.41) is 3.86. The van der Waals surface area contributed by atoms with Crippen molar-refractivity contribution in [1.29, 1.82) is 0 Å². The molecule has 172 valence electrons. The minimum absolute atomic E-state index is 0.0329. The molecule has 0 amide bonds. The lowest BCUT2D eigenvalue weighted by Gasteiger charge is -2.21. The number of thiophene rings is 1. The normalized spacial score (nSPS) is 12.8. The van der Waals surface area contributed by atoms with Crippen LogP contribution in [0.5, 0.6) is 5.75 Å². The maximum Gasteiger partial charge on any atom is 0.306 e. The lowest BCUT2D eigenvalue weighted by atomic mass is 9.92. The first-order valence-corrected chi connectivity index (χ1v) is 11.9. The van der Waals surface area contributed by atoms with Crippen molar-refractivity contribution in [3.63, 3.8) is 0 Å². The molecule has 0 saturated carbocycles. The summed E-state index contributed by atoms with van der Waals surface area (Å²) in [6.45, 7) is 9.63. The van der Waals surface area contributed by atoms with Crippen LogP contribution < -0.4 is 10.3 Å². The molecule has 6 heteroatoms. The molecule has 2 aromatic heterocycles. The van der Waals surface area contributed by atoms with Gasteiger partial charge in [-0.15, -0.1) is 11.3 Å². The molecule has 2 heterocycles. The number of methoxy groups -OCH3 is 1. The molecule has 33 heavy (non-hydrogen) atoms. The van der Waals surface area contributed by atoms with Gasteiger partial charge in [0.15, 0.2) is 0 Å². The van der Waals surface area contributed by atoms with E-state index in [-0.39, 0.29) is 17.4 Å². The lowest BCUT2D eigenvalue weighted by molar-refractivity contribution is -0.155. The Labute approximate surface area is 197 Å².